The average Bonchev–Trinajstić information content (AvgIpc) is 3.01. The molecule has 7 nitrogen and oxygen atoms in total. The molecule has 0 saturated carbocycles. The third-order valence-electron chi connectivity index (χ3n) is 4.09. The van der Waals surface area contributed by atoms with E-state index in [0.717, 1.165) is 17.7 Å². The number of carboxylic acid groups (broad SMARTS) is 1. The fraction of sp³-hybridized carbons (Fsp3) is 0.643. The molecule has 1 atom stereocenters. The van der Waals surface area contributed by atoms with Crippen LogP contribution in [0.3, 0.4) is 0 Å². The average molecular weight is 295 g/mol. The number of aliphatic carboxylic acids is 1. The number of carbonyl (C=O) groups is 2. The zero-order valence-corrected chi connectivity index (χ0v) is 12.6. The highest BCUT2D eigenvalue weighted by molar-refractivity contribution is 5.79. The van der Waals surface area contributed by atoms with Gasteiger partial charge in [0.15, 0.2) is 0 Å². The number of nitrogens with zero attached hydrogens (tertiary/aromatic N) is 2. The van der Waals surface area contributed by atoms with Gasteiger partial charge in [0.1, 0.15) is 5.76 Å². The van der Waals surface area contributed by atoms with E-state index in [1.54, 1.807) is 11.8 Å². The van der Waals surface area contributed by atoms with E-state index < -0.39 is 11.4 Å². The van der Waals surface area contributed by atoms with Gasteiger partial charge in [-0.15, -0.1) is 0 Å². The number of hydrogen-bond donors (Lipinski definition) is 2. The van der Waals surface area contributed by atoms with Gasteiger partial charge < -0.3 is 19.8 Å². The lowest BCUT2D eigenvalue weighted by molar-refractivity contribution is -0.146. The van der Waals surface area contributed by atoms with Gasteiger partial charge in [0, 0.05) is 25.2 Å². The lowest BCUT2D eigenvalue weighted by Gasteiger charge is -2.20. The molecular formula is C14H21N3O4. The molecule has 2 N–H and O–H groups in total. The van der Waals surface area contributed by atoms with Gasteiger partial charge in [-0.05, 0) is 26.7 Å². The van der Waals surface area contributed by atoms with Crippen molar-refractivity contribution in [1.82, 2.24) is 15.4 Å². The minimum atomic E-state index is -0.860. The molecule has 1 saturated heterocycles. The van der Waals surface area contributed by atoms with Gasteiger partial charge in [-0.3, -0.25) is 4.79 Å². The maximum absolute atomic E-state index is 12.1. The summed E-state index contributed by atoms with van der Waals surface area (Å²) in [5, 5.41) is 15.9. The molecule has 0 spiro atoms. The third kappa shape index (κ3) is 3.01. The maximum Gasteiger partial charge on any atom is 0.317 e. The van der Waals surface area contributed by atoms with E-state index in [2.05, 4.69) is 10.5 Å². The van der Waals surface area contributed by atoms with Crippen LogP contribution >= 0.6 is 0 Å². The SMILES string of the molecule is CCc1noc(C)c1CNC(=O)N1CCC(C)(C(=O)O)C1. The zero-order valence-electron chi connectivity index (χ0n) is 12.6. The number of urea groups is 1. The fourth-order valence-corrected chi connectivity index (χ4v) is 2.53. The molecule has 2 heterocycles. The summed E-state index contributed by atoms with van der Waals surface area (Å²) < 4.78 is 5.12. The van der Waals surface area contributed by atoms with Gasteiger partial charge >= 0.3 is 12.0 Å². The van der Waals surface area contributed by atoms with Crippen LogP contribution in [0, 0.1) is 12.3 Å². The molecule has 1 aliphatic heterocycles. The number of aryl methyl sites for hydroxylation is 2. The van der Waals surface area contributed by atoms with E-state index in [1.807, 2.05) is 13.8 Å². The van der Waals surface area contributed by atoms with Gasteiger partial charge in [-0.2, -0.15) is 0 Å². The molecule has 7 heteroatoms. The Hall–Kier alpha value is -2.05. The Kier molecular flexibility index (Phi) is 4.20. The molecule has 1 fully saturated rings. The minimum Gasteiger partial charge on any atom is -0.481 e. The lowest BCUT2D eigenvalue weighted by Crippen LogP contribution is -2.40. The van der Waals surface area contributed by atoms with Crippen molar-refractivity contribution in [3.05, 3.63) is 17.0 Å². The monoisotopic (exact) mass is 295 g/mol. The molecule has 21 heavy (non-hydrogen) atoms. The van der Waals surface area contributed by atoms with E-state index in [9.17, 15) is 14.7 Å². The second kappa shape index (κ2) is 5.75. The first kappa shape index (κ1) is 15.3. The molecule has 116 valence electrons. The van der Waals surface area contributed by atoms with Crippen molar-refractivity contribution in [1.29, 1.82) is 0 Å². The first-order valence-electron chi connectivity index (χ1n) is 7.07. The minimum absolute atomic E-state index is 0.234. The van der Waals surface area contributed by atoms with Crippen LogP contribution in [0.15, 0.2) is 4.52 Å². The van der Waals surface area contributed by atoms with Crippen molar-refractivity contribution >= 4 is 12.0 Å². The van der Waals surface area contributed by atoms with Crippen LogP contribution < -0.4 is 5.32 Å². The normalized spacial score (nSPS) is 21.6. The summed E-state index contributed by atoms with van der Waals surface area (Å²) in [7, 11) is 0. The van der Waals surface area contributed by atoms with Crippen LogP contribution in [0.1, 0.15) is 37.3 Å². The Morgan fingerprint density at radius 2 is 2.24 bits per heavy atom. The Morgan fingerprint density at radius 1 is 1.52 bits per heavy atom. The van der Waals surface area contributed by atoms with Gasteiger partial charge in [0.25, 0.3) is 0 Å². The molecular weight excluding hydrogens is 274 g/mol. The van der Waals surface area contributed by atoms with Crippen molar-refractivity contribution in [2.24, 2.45) is 5.41 Å². The fourth-order valence-electron chi connectivity index (χ4n) is 2.53. The standard InChI is InChI=1S/C14H21N3O4/c1-4-11-10(9(2)21-16-11)7-15-13(20)17-6-5-14(3,8-17)12(18)19/h4-8H2,1-3H3,(H,15,20)(H,18,19). The van der Waals surface area contributed by atoms with Crippen LogP contribution in [0.25, 0.3) is 0 Å². The Balaban J connectivity index is 1.94. The molecule has 1 aromatic rings. The number of rotatable bonds is 4. The predicted octanol–water partition coefficient (Wildman–Crippen LogP) is 1.55. The van der Waals surface area contributed by atoms with E-state index in [4.69, 9.17) is 4.52 Å². The number of amides is 2. The number of carbonyl (C=O) groups excluding carboxylic acids is 1. The zero-order chi connectivity index (χ0) is 15.6. The summed E-state index contributed by atoms with van der Waals surface area (Å²) in [5.41, 5.74) is 0.884. The second-order valence-corrected chi connectivity index (χ2v) is 5.71. The largest absolute Gasteiger partial charge is 0.481 e. The highest BCUT2D eigenvalue weighted by Gasteiger charge is 2.42. The molecule has 1 aliphatic rings. The quantitative estimate of drug-likeness (QED) is 0.878. The van der Waals surface area contributed by atoms with Crippen LogP contribution in [-0.4, -0.2) is 40.3 Å². The summed E-state index contributed by atoms with van der Waals surface area (Å²) in [4.78, 5) is 24.9. The number of carboxylic acids is 1. The molecule has 2 rings (SSSR count). The van der Waals surface area contributed by atoms with Gasteiger partial charge in [-0.1, -0.05) is 12.1 Å². The number of likely N-dealkylation sites (tertiary alicyclic amines) is 1. The lowest BCUT2D eigenvalue weighted by atomic mass is 9.90. The van der Waals surface area contributed by atoms with Crippen LogP contribution in [0.4, 0.5) is 4.79 Å². The van der Waals surface area contributed by atoms with Crippen molar-refractivity contribution in [2.45, 2.75) is 40.2 Å². The summed E-state index contributed by atoms with van der Waals surface area (Å²) in [6, 6.07) is -0.248. The highest BCUT2D eigenvalue weighted by atomic mass is 16.5. The molecule has 0 aromatic carbocycles. The van der Waals surface area contributed by atoms with Crippen molar-refractivity contribution in [3.63, 3.8) is 0 Å². The third-order valence-corrected chi connectivity index (χ3v) is 4.09. The summed E-state index contributed by atoms with van der Waals surface area (Å²) >= 11 is 0. The summed E-state index contributed by atoms with van der Waals surface area (Å²) in [6.07, 6.45) is 1.21. The van der Waals surface area contributed by atoms with E-state index in [0.29, 0.717) is 25.3 Å². The molecule has 1 unspecified atom stereocenters. The Morgan fingerprint density at radius 3 is 2.81 bits per heavy atom. The van der Waals surface area contributed by atoms with Crippen LogP contribution in [-0.2, 0) is 17.8 Å². The predicted molar refractivity (Wildman–Crippen MR) is 74.8 cm³/mol. The van der Waals surface area contributed by atoms with Gasteiger partial charge in [0.05, 0.1) is 11.1 Å². The molecule has 0 aliphatic carbocycles. The highest BCUT2D eigenvalue weighted by Crippen LogP contribution is 2.30. The first-order valence-corrected chi connectivity index (χ1v) is 7.07. The smallest absolute Gasteiger partial charge is 0.317 e. The Labute approximate surface area is 123 Å². The topological polar surface area (TPSA) is 95.7 Å². The van der Waals surface area contributed by atoms with Crippen molar-refractivity contribution in [3.8, 4) is 0 Å². The van der Waals surface area contributed by atoms with E-state index in [1.165, 1.54) is 0 Å². The van der Waals surface area contributed by atoms with Crippen LogP contribution in [0.2, 0.25) is 0 Å². The molecule has 0 radical (unpaired) electrons. The second-order valence-electron chi connectivity index (χ2n) is 5.71. The summed E-state index contributed by atoms with van der Waals surface area (Å²) in [5.74, 6) is -0.162. The molecule has 1 aromatic heterocycles. The van der Waals surface area contributed by atoms with E-state index in [-0.39, 0.29) is 12.6 Å². The molecule has 0 bridgehead atoms. The number of aromatic nitrogens is 1. The summed E-state index contributed by atoms with van der Waals surface area (Å²) in [6.45, 7) is 6.49. The van der Waals surface area contributed by atoms with Gasteiger partial charge in [-0.25, -0.2) is 4.79 Å². The first-order chi connectivity index (χ1) is 9.87. The number of nitrogens with one attached hydrogen (secondary N) is 1. The van der Waals surface area contributed by atoms with Crippen LogP contribution in [0.5, 0.6) is 0 Å². The van der Waals surface area contributed by atoms with Crippen molar-refractivity contribution in [2.75, 3.05) is 13.1 Å². The van der Waals surface area contributed by atoms with Crippen molar-refractivity contribution < 1.29 is 19.2 Å². The Bertz CT molecular complexity index is 554. The maximum atomic E-state index is 12.1. The van der Waals surface area contributed by atoms with Gasteiger partial charge in [0.2, 0.25) is 0 Å². The number of hydrogen-bond acceptors (Lipinski definition) is 4. The van der Waals surface area contributed by atoms with E-state index >= 15 is 0 Å². The molecule has 2 amide bonds.